The minimum Gasteiger partial charge on any atom is -0.476 e. The summed E-state index contributed by atoms with van der Waals surface area (Å²) in [5.74, 6) is -0.672. The molecule has 3 aromatic rings. The van der Waals surface area contributed by atoms with Gasteiger partial charge in [0, 0.05) is 17.0 Å². The summed E-state index contributed by atoms with van der Waals surface area (Å²) in [7, 11) is 0. The first-order valence-electron chi connectivity index (χ1n) is 6.46. The molecule has 108 valence electrons. The highest BCUT2D eigenvalue weighted by atomic mass is 32.1. The van der Waals surface area contributed by atoms with Crippen molar-refractivity contribution in [2.45, 2.75) is 26.2 Å². The zero-order valence-corrected chi connectivity index (χ0v) is 12.7. The SMILES string of the molecule is CC(C)(C)c1nc2cc(-c3cc(C(=O)O)no3)ccc2s1. The van der Waals surface area contributed by atoms with Crippen molar-refractivity contribution in [2.24, 2.45) is 0 Å². The predicted molar refractivity (Wildman–Crippen MR) is 80.8 cm³/mol. The Hall–Kier alpha value is -2.21. The largest absolute Gasteiger partial charge is 0.476 e. The maximum atomic E-state index is 10.8. The lowest BCUT2D eigenvalue weighted by Crippen LogP contribution is -2.09. The Morgan fingerprint density at radius 2 is 2.05 bits per heavy atom. The van der Waals surface area contributed by atoms with Crippen LogP contribution in [0.4, 0.5) is 0 Å². The normalized spacial score (nSPS) is 12.0. The smallest absolute Gasteiger partial charge is 0.358 e. The summed E-state index contributed by atoms with van der Waals surface area (Å²) >= 11 is 1.67. The van der Waals surface area contributed by atoms with Gasteiger partial charge in [0.25, 0.3) is 0 Å². The molecule has 5 nitrogen and oxygen atoms in total. The van der Waals surface area contributed by atoms with Gasteiger partial charge in [0.2, 0.25) is 0 Å². The Morgan fingerprint density at radius 3 is 2.67 bits per heavy atom. The molecule has 6 heteroatoms. The lowest BCUT2D eigenvalue weighted by Gasteiger charge is -2.13. The Labute approximate surface area is 125 Å². The summed E-state index contributed by atoms with van der Waals surface area (Å²) in [6.45, 7) is 6.38. The first-order valence-corrected chi connectivity index (χ1v) is 7.28. The van der Waals surface area contributed by atoms with Gasteiger partial charge in [0.15, 0.2) is 11.5 Å². The van der Waals surface area contributed by atoms with Crippen LogP contribution in [0, 0.1) is 0 Å². The second kappa shape index (κ2) is 4.66. The molecule has 0 saturated heterocycles. The molecule has 0 saturated carbocycles. The summed E-state index contributed by atoms with van der Waals surface area (Å²) in [5.41, 5.74) is 1.56. The standard InChI is InChI=1S/C15H14N2O3S/c1-15(2,3)14-16-9-6-8(4-5-12(9)21-14)11-7-10(13(18)19)17-20-11/h4-7H,1-3H3,(H,18,19). The number of carbonyl (C=O) groups is 1. The van der Waals surface area contributed by atoms with Crippen molar-refractivity contribution in [2.75, 3.05) is 0 Å². The van der Waals surface area contributed by atoms with E-state index in [4.69, 9.17) is 9.63 Å². The molecule has 1 N–H and O–H groups in total. The van der Waals surface area contributed by atoms with Crippen LogP contribution in [0.25, 0.3) is 21.5 Å². The zero-order chi connectivity index (χ0) is 15.2. The van der Waals surface area contributed by atoms with Crippen LogP contribution in [0.1, 0.15) is 36.3 Å². The molecule has 0 aliphatic carbocycles. The summed E-state index contributed by atoms with van der Waals surface area (Å²) in [5, 5.41) is 13.5. The number of carboxylic acid groups (broad SMARTS) is 1. The lowest BCUT2D eigenvalue weighted by atomic mass is 9.98. The Kier molecular flexibility index (Phi) is 3.06. The summed E-state index contributed by atoms with van der Waals surface area (Å²) in [6.07, 6.45) is 0. The van der Waals surface area contributed by atoms with Gasteiger partial charge < -0.3 is 9.63 Å². The maximum Gasteiger partial charge on any atom is 0.358 e. The molecule has 0 aliphatic rings. The fourth-order valence-corrected chi connectivity index (χ4v) is 2.92. The topological polar surface area (TPSA) is 76.2 Å². The van der Waals surface area contributed by atoms with E-state index in [9.17, 15) is 4.79 Å². The zero-order valence-electron chi connectivity index (χ0n) is 11.9. The average molecular weight is 302 g/mol. The molecule has 2 aromatic heterocycles. The van der Waals surface area contributed by atoms with Crippen LogP contribution < -0.4 is 0 Å². The molecule has 3 rings (SSSR count). The molecule has 21 heavy (non-hydrogen) atoms. The van der Waals surface area contributed by atoms with E-state index in [2.05, 4.69) is 30.9 Å². The number of fused-ring (bicyclic) bond motifs is 1. The molecular formula is C15H14N2O3S. The minimum absolute atomic E-state index is 0.00651. The average Bonchev–Trinajstić information content (AvgIpc) is 3.04. The number of hydrogen-bond acceptors (Lipinski definition) is 5. The number of carboxylic acids is 1. The molecule has 0 fully saturated rings. The first kappa shape index (κ1) is 13.8. The van der Waals surface area contributed by atoms with Crippen molar-refractivity contribution in [3.63, 3.8) is 0 Å². The van der Waals surface area contributed by atoms with E-state index in [0.717, 1.165) is 20.8 Å². The molecule has 2 heterocycles. The summed E-state index contributed by atoms with van der Waals surface area (Å²) < 4.78 is 6.18. The number of thiazole rings is 1. The van der Waals surface area contributed by atoms with Crippen LogP contribution in [0.15, 0.2) is 28.8 Å². The van der Waals surface area contributed by atoms with Crippen LogP contribution in [0.3, 0.4) is 0 Å². The van der Waals surface area contributed by atoms with Gasteiger partial charge in [-0.2, -0.15) is 0 Å². The maximum absolute atomic E-state index is 10.8. The van der Waals surface area contributed by atoms with Crippen molar-refractivity contribution in [1.29, 1.82) is 0 Å². The van der Waals surface area contributed by atoms with Crippen molar-refractivity contribution in [3.8, 4) is 11.3 Å². The Bertz CT molecular complexity index is 827. The highest BCUT2D eigenvalue weighted by Gasteiger charge is 2.19. The molecule has 0 spiro atoms. The second-order valence-electron chi connectivity index (χ2n) is 5.83. The lowest BCUT2D eigenvalue weighted by molar-refractivity contribution is 0.0686. The van der Waals surface area contributed by atoms with Gasteiger partial charge in [0.1, 0.15) is 0 Å². The molecule has 0 aliphatic heterocycles. The molecule has 0 bridgehead atoms. The van der Waals surface area contributed by atoms with Gasteiger partial charge >= 0.3 is 5.97 Å². The van der Waals surface area contributed by atoms with Gasteiger partial charge in [-0.3, -0.25) is 0 Å². The quantitative estimate of drug-likeness (QED) is 0.775. The molecule has 1 aromatic carbocycles. The highest BCUT2D eigenvalue weighted by molar-refractivity contribution is 7.18. The molecule has 0 atom stereocenters. The van der Waals surface area contributed by atoms with Gasteiger partial charge in [0.05, 0.1) is 15.2 Å². The number of benzene rings is 1. The molecular weight excluding hydrogens is 288 g/mol. The van der Waals surface area contributed by atoms with E-state index in [1.807, 2.05) is 18.2 Å². The van der Waals surface area contributed by atoms with E-state index in [0.29, 0.717) is 5.76 Å². The second-order valence-corrected chi connectivity index (χ2v) is 6.86. The fraction of sp³-hybridized carbons (Fsp3) is 0.267. The van der Waals surface area contributed by atoms with E-state index in [1.165, 1.54) is 6.07 Å². The number of nitrogens with zero attached hydrogens (tertiary/aromatic N) is 2. The monoisotopic (exact) mass is 302 g/mol. The Balaban J connectivity index is 2.05. The molecule has 0 radical (unpaired) electrons. The third-order valence-corrected chi connectivity index (χ3v) is 4.51. The molecule has 0 unspecified atom stereocenters. The van der Waals surface area contributed by atoms with E-state index in [-0.39, 0.29) is 11.1 Å². The number of hydrogen-bond donors (Lipinski definition) is 1. The van der Waals surface area contributed by atoms with Crippen molar-refractivity contribution < 1.29 is 14.4 Å². The van der Waals surface area contributed by atoms with Crippen LogP contribution in [-0.2, 0) is 5.41 Å². The van der Waals surface area contributed by atoms with Crippen LogP contribution in [-0.4, -0.2) is 21.2 Å². The predicted octanol–water partition coefficient (Wildman–Crippen LogP) is 3.95. The Morgan fingerprint density at radius 1 is 1.29 bits per heavy atom. The third-order valence-electron chi connectivity index (χ3n) is 3.04. The molecule has 0 amide bonds. The van der Waals surface area contributed by atoms with Crippen LogP contribution >= 0.6 is 11.3 Å². The number of rotatable bonds is 2. The van der Waals surface area contributed by atoms with Crippen LogP contribution in [0.5, 0.6) is 0 Å². The van der Waals surface area contributed by atoms with E-state index >= 15 is 0 Å². The van der Waals surface area contributed by atoms with Gasteiger partial charge in [-0.1, -0.05) is 25.9 Å². The first-order chi connectivity index (χ1) is 9.84. The third kappa shape index (κ3) is 2.54. The van der Waals surface area contributed by atoms with Crippen molar-refractivity contribution in [1.82, 2.24) is 10.1 Å². The van der Waals surface area contributed by atoms with E-state index in [1.54, 1.807) is 11.3 Å². The summed E-state index contributed by atoms with van der Waals surface area (Å²) in [4.78, 5) is 15.5. The van der Waals surface area contributed by atoms with Gasteiger partial charge in [-0.25, -0.2) is 9.78 Å². The van der Waals surface area contributed by atoms with Crippen LogP contribution in [0.2, 0.25) is 0 Å². The fourth-order valence-electron chi connectivity index (χ4n) is 1.91. The minimum atomic E-state index is -1.10. The summed E-state index contributed by atoms with van der Waals surface area (Å²) in [6, 6.07) is 7.17. The van der Waals surface area contributed by atoms with Gasteiger partial charge in [-0.15, -0.1) is 11.3 Å². The van der Waals surface area contributed by atoms with E-state index < -0.39 is 5.97 Å². The van der Waals surface area contributed by atoms with Crippen molar-refractivity contribution in [3.05, 3.63) is 35.0 Å². The van der Waals surface area contributed by atoms with Crippen molar-refractivity contribution >= 4 is 27.5 Å². The highest BCUT2D eigenvalue weighted by Crippen LogP contribution is 2.33. The number of aromatic carboxylic acids is 1. The van der Waals surface area contributed by atoms with Gasteiger partial charge in [-0.05, 0) is 18.2 Å². The number of aromatic nitrogens is 2.